The van der Waals surface area contributed by atoms with Crippen LogP contribution in [0.1, 0.15) is 63.6 Å². The molecule has 0 heterocycles. The minimum atomic E-state index is -0.432. The van der Waals surface area contributed by atoms with E-state index in [2.05, 4.69) is 13.8 Å². The second-order valence-electron chi connectivity index (χ2n) is 7.16. The molecular formula is C18H28FNO. The maximum Gasteiger partial charge on any atom is 0.128 e. The predicted molar refractivity (Wildman–Crippen MR) is 84.7 cm³/mol. The highest BCUT2D eigenvalue weighted by Crippen LogP contribution is 2.47. The lowest BCUT2D eigenvalue weighted by atomic mass is 9.67. The van der Waals surface area contributed by atoms with E-state index in [4.69, 9.17) is 10.5 Å². The Labute approximate surface area is 127 Å². The molecule has 2 nitrogen and oxygen atoms in total. The van der Waals surface area contributed by atoms with Crippen molar-refractivity contribution in [2.75, 3.05) is 6.61 Å². The Bertz CT molecular complexity index is 488. The zero-order valence-electron chi connectivity index (χ0n) is 13.7. The molecule has 2 N–H and O–H groups in total. The molecule has 0 radical (unpaired) electrons. The summed E-state index contributed by atoms with van der Waals surface area (Å²) in [6, 6.07) is 4.74. The highest BCUT2D eigenvalue weighted by molar-refractivity contribution is 5.29. The van der Waals surface area contributed by atoms with Crippen LogP contribution in [0.4, 0.5) is 4.39 Å². The Morgan fingerprint density at radius 1 is 1.24 bits per heavy atom. The van der Waals surface area contributed by atoms with Crippen molar-refractivity contribution >= 4 is 0 Å². The lowest BCUT2D eigenvalue weighted by molar-refractivity contribution is -0.101. The van der Waals surface area contributed by atoms with Gasteiger partial charge in [-0.2, -0.15) is 0 Å². The van der Waals surface area contributed by atoms with Gasteiger partial charge in [0.15, 0.2) is 0 Å². The number of aryl methyl sites for hydroxylation is 1. The second-order valence-corrected chi connectivity index (χ2v) is 7.16. The van der Waals surface area contributed by atoms with Gasteiger partial charge in [0.25, 0.3) is 0 Å². The normalized spacial score (nSPS) is 22.0. The first kappa shape index (κ1) is 16.4. The van der Waals surface area contributed by atoms with Gasteiger partial charge in [-0.15, -0.1) is 0 Å². The molecule has 1 aliphatic carbocycles. The summed E-state index contributed by atoms with van der Waals surface area (Å²) in [4.78, 5) is 0. The number of hydrogen-bond donors (Lipinski definition) is 1. The van der Waals surface area contributed by atoms with Gasteiger partial charge in [0.05, 0.1) is 11.6 Å². The minimum absolute atomic E-state index is 0.225. The molecule has 0 spiro atoms. The lowest BCUT2D eigenvalue weighted by Crippen LogP contribution is -2.48. The van der Waals surface area contributed by atoms with Gasteiger partial charge in [0, 0.05) is 12.2 Å². The maximum absolute atomic E-state index is 14.2. The molecule has 1 fully saturated rings. The third-order valence-corrected chi connectivity index (χ3v) is 4.94. The second kappa shape index (κ2) is 6.05. The quantitative estimate of drug-likeness (QED) is 0.886. The molecule has 0 amide bonds. The molecule has 3 heteroatoms. The predicted octanol–water partition coefficient (Wildman–Crippen LogP) is 4.51. The van der Waals surface area contributed by atoms with Crippen molar-refractivity contribution in [2.24, 2.45) is 11.1 Å². The van der Waals surface area contributed by atoms with E-state index in [1.165, 1.54) is 6.07 Å². The summed E-state index contributed by atoms with van der Waals surface area (Å²) >= 11 is 0. The minimum Gasteiger partial charge on any atom is -0.373 e. The van der Waals surface area contributed by atoms with E-state index in [1.807, 2.05) is 19.9 Å². The molecule has 21 heavy (non-hydrogen) atoms. The number of hydrogen-bond acceptors (Lipinski definition) is 2. The average molecular weight is 293 g/mol. The monoisotopic (exact) mass is 293 g/mol. The zero-order chi connectivity index (χ0) is 15.7. The topological polar surface area (TPSA) is 35.2 Å². The largest absolute Gasteiger partial charge is 0.373 e. The summed E-state index contributed by atoms with van der Waals surface area (Å²) in [5, 5.41) is 0. The van der Waals surface area contributed by atoms with E-state index in [0.29, 0.717) is 17.6 Å². The molecule has 1 aromatic carbocycles. The van der Waals surface area contributed by atoms with Crippen LogP contribution >= 0.6 is 0 Å². The first-order valence-electron chi connectivity index (χ1n) is 7.95. The van der Waals surface area contributed by atoms with Crippen molar-refractivity contribution in [3.8, 4) is 0 Å². The summed E-state index contributed by atoms with van der Waals surface area (Å²) in [5.74, 6) is -0.225. The number of rotatable bonds is 4. The third-order valence-electron chi connectivity index (χ3n) is 4.94. The Kier molecular flexibility index (Phi) is 4.74. The van der Waals surface area contributed by atoms with Gasteiger partial charge in [-0.25, -0.2) is 4.39 Å². The average Bonchev–Trinajstić information content (AvgIpc) is 2.44. The van der Waals surface area contributed by atoms with Crippen molar-refractivity contribution in [3.05, 3.63) is 35.1 Å². The van der Waals surface area contributed by atoms with Crippen LogP contribution < -0.4 is 5.73 Å². The molecule has 0 bridgehead atoms. The summed E-state index contributed by atoms with van der Waals surface area (Å²) in [7, 11) is 0. The Morgan fingerprint density at radius 2 is 1.86 bits per heavy atom. The molecule has 0 aliphatic heterocycles. The van der Waals surface area contributed by atoms with Gasteiger partial charge >= 0.3 is 0 Å². The third kappa shape index (κ3) is 3.46. The van der Waals surface area contributed by atoms with Crippen LogP contribution in [-0.4, -0.2) is 12.2 Å². The van der Waals surface area contributed by atoms with Crippen LogP contribution in [0.15, 0.2) is 18.2 Å². The molecule has 1 aromatic rings. The van der Waals surface area contributed by atoms with Crippen LogP contribution in [0.5, 0.6) is 0 Å². The van der Waals surface area contributed by atoms with Gasteiger partial charge in [-0.1, -0.05) is 31.5 Å². The first-order valence-corrected chi connectivity index (χ1v) is 7.95. The SMILES string of the molecule is CCOC1(C(N)c2cc(C)ccc2F)CCC(C)(C)CC1. The fraction of sp³-hybridized carbons (Fsp3) is 0.667. The molecule has 118 valence electrons. The highest BCUT2D eigenvalue weighted by atomic mass is 19.1. The van der Waals surface area contributed by atoms with Gasteiger partial charge < -0.3 is 10.5 Å². The van der Waals surface area contributed by atoms with Crippen molar-refractivity contribution in [1.29, 1.82) is 0 Å². The van der Waals surface area contributed by atoms with Crippen molar-refractivity contribution in [2.45, 2.75) is 65.0 Å². The van der Waals surface area contributed by atoms with Crippen LogP contribution in [0.2, 0.25) is 0 Å². The summed E-state index contributed by atoms with van der Waals surface area (Å²) in [6.07, 6.45) is 3.91. The Morgan fingerprint density at radius 3 is 2.43 bits per heavy atom. The number of halogens is 1. The van der Waals surface area contributed by atoms with E-state index in [9.17, 15) is 4.39 Å². The standard InChI is InChI=1S/C18H28FNO/c1-5-21-18(10-8-17(3,4)9-11-18)16(20)14-12-13(2)6-7-15(14)19/h6-7,12,16H,5,8-11,20H2,1-4H3. The summed E-state index contributed by atoms with van der Waals surface area (Å²) < 4.78 is 20.3. The summed E-state index contributed by atoms with van der Waals surface area (Å²) in [6.45, 7) is 9.12. The molecule has 2 rings (SSSR count). The van der Waals surface area contributed by atoms with Crippen LogP contribution in [-0.2, 0) is 4.74 Å². The number of benzene rings is 1. The molecular weight excluding hydrogens is 265 g/mol. The molecule has 1 atom stereocenters. The van der Waals surface area contributed by atoms with Crippen molar-refractivity contribution < 1.29 is 9.13 Å². The molecule has 1 saturated carbocycles. The van der Waals surface area contributed by atoms with Crippen LogP contribution in [0.25, 0.3) is 0 Å². The molecule has 0 saturated heterocycles. The van der Waals surface area contributed by atoms with Crippen molar-refractivity contribution in [3.63, 3.8) is 0 Å². The van der Waals surface area contributed by atoms with E-state index in [1.54, 1.807) is 6.07 Å². The maximum atomic E-state index is 14.2. The van der Waals surface area contributed by atoms with Gasteiger partial charge in [0.1, 0.15) is 5.82 Å². The van der Waals surface area contributed by atoms with E-state index in [-0.39, 0.29) is 5.82 Å². The number of ether oxygens (including phenoxy) is 1. The Hall–Kier alpha value is -0.930. The van der Waals surface area contributed by atoms with Gasteiger partial charge in [-0.05, 0) is 51.0 Å². The van der Waals surface area contributed by atoms with Gasteiger partial charge in [-0.3, -0.25) is 0 Å². The summed E-state index contributed by atoms with van der Waals surface area (Å²) in [5.41, 5.74) is 8.00. The Balaban J connectivity index is 2.31. The lowest BCUT2D eigenvalue weighted by Gasteiger charge is -2.46. The van der Waals surface area contributed by atoms with E-state index < -0.39 is 11.6 Å². The van der Waals surface area contributed by atoms with Gasteiger partial charge in [0.2, 0.25) is 0 Å². The van der Waals surface area contributed by atoms with Crippen LogP contribution in [0.3, 0.4) is 0 Å². The van der Waals surface area contributed by atoms with E-state index >= 15 is 0 Å². The zero-order valence-corrected chi connectivity index (χ0v) is 13.7. The highest BCUT2D eigenvalue weighted by Gasteiger charge is 2.44. The van der Waals surface area contributed by atoms with Crippen molar-refractivity contribution in [1.82, 2.24) is 0 Å². The first-order chi connectivity index (χ1) is 9.80. The fourth-order valence-corrected chi connectivity index (χ4v) is 3.37. The van der Waals surface area contributed by atoms with E-state index in [0.717, 1.165) is 31.2 Å². The molecule has 1 unspecified atom stereocenters. The smallest absolute Gasteiger partial charge is 0.128 e. The molecule has 1 aliphatic rings. The molecule has 0 aromatic heterocycles. The fourth-order valence-electron chi connectivity index (χ4n) is 3.37. The van der Waals surface area contributed by atoms with Crippen LogP contribution in [0, 0.1) is 18.2 Å². The number of nitrogens with two attached hydrogens (primary N) is 1.